The monoisotopic (exact) mass is 380 g/mol. The SMILES string of the molecule is COc1ccc(CNc2cc(NCc3ccc(OC)c(OC)c3)ncn2)cc1. The summed E-state index contributed by atoms with van der Waals surface area (Å²) in [6, 6.07) is 15.6. The van der Waals surface area contributed by atoms with Crippen LogP contribution in [-0.2, 0) is 13.1 Å². The van der Waals surface area contributed by atoms with Crippen LogP contribution in [0.3, 0.4) is 0 Å². The molecule has 0 aliphatic heterocycles. The molecule has 0 bridgehead atoms. The molecule has 0 fully saturated rings. The highest BCUT2D eigenvalue weighted by Crippen LogP contribution is 2.27. The Morgan fingerprint density at radius 3 is 1.89 bits per heavy atom. The fraction of sp³-hybridized carbons (Fsp3) is 0.238. The van der Waals surface area contributed by atoms with Crippen molar-refractivity contribution in [1.29, 1.82) is 0 Å². The van der Waals surface area contributed by atoms with Crippen LogP contribution in [0, 0.1) is 0 Å². The largest absolute Gasteiger partial charge is 0.497 e. The molecule has 0 aliphatic carbocycles. The van der Waals surface area contributed by atoms with Crippen LogP contribution >= 0.6 is 0 Å². The van der Waals surface area contributed by atoms with Crippen LogP contribution in [0.25, 0.3) is 0 Å². The van der Waals surface area contributed by atoms with Crippen LogP contribution in [0.5, 0.6) is 17.2 Å². The molecule has 3 aromatic rings. The average molecular weight is 380 g/mol. The third-order valence-corrected chi connectivity index (χ3v) is 4.22. The Hall–Kier alpha value is -3.48. The quantitative estimate of drug-likeness (QED) is 0.586. The maximum atomic E-state index is 5.34. The van der Waals surface area contributed by atoms with Gasteiger partial charge in [0.05, 0.1) is 21.3 Å². The van der Waals surface area contributed by atoms with E-state index in [0.717, 1.165) is 28.5 Å². The second-order valence-corrected chi connectivity index (χ2v) is 6.03. The summed E-state index contributed by atoms with van der Waals surface area (Å²) >= 11 is 0. The first kappa shape index (κ1) is 19.3. The van der Waals surface area contributed by atoms with Crippen molar-refractivity contribution in [2.24, 2.45) is 0 Å². The zero-order valence-corrected chi connectivity index (χ0v) is 16.2. The predicted octanol–water partition coefficient (Wildman–Crippen LogP) is 3.73. The highest BCUT2D eigenvalue weighted by atomic mass is 16.5. The van der Waals surface area contributed by atoms with Gasteiger partial charge in [-0.2, -0.15) is 0 Å². The number of methoxy groups -OCH3 is 3. The van der Waals surface area contributed by atoms with Crippen molar-refractivity contribution in [3.63, 3.8) is 0 Å². The molecule has 0 aliphatic rings. The number of rotatable bonds is 9. The second kappa shape index (κ2) is 9.45. The zero-order chi connectivity index (χ0) is 19.8. The fourth-order valence-corrected chi connectivity index (χ4v) is 2.67. The van der Waals surface area contributed by atoms with Crippen molar-refractivity contribution in [1.82, 2.24) is 9.97 Å². The van der Waals surface area contributed by atoms with Gasteiger partial charge >= 0.3 is 0 Å². The van der Waals surface area contributed by atoms with Crippen molar-refractivity contribution in [2.45, 2.75) is 13.1 Å². The summed E-state index contributed by atoms with van der Waals surface area (Å²) in [5, 5.41) is 6.60. The van der Waals surface area contributed by atoms with Gasteiger partial charge in [0, 0.05) is 19.2 Å². The van der Waals surface area contributed by atoms with E-state index < -0.39 is 0 Å². The zero-order valence-electron chi connectivity index (χ0n) is 16.2. The lowest BCUT2D eigenvalue weighted by Crippen LogP contribution is -2.05. The summed E-state index contributed by atoms with van der Waals surface area (Å²) in [7, 11) is 4.90. The van der Waals surface area contributed by atoms with Gasteiger partial charge in [0.2, 0.25) is 0 Å². The summed E-state index contributed by atoms with van der Waals surface area (Å²) in [6.07, 6.45) is 1.54. The summed E-state index contributed by atoms with van der Waals surface area (Å²) in [4.78, 5) is 8.54. The van der Waals surface area contributed by atoms with Gasteiger partial charge in [-0.05, 0) is 35.4 Å². The van der Waals surface area contributed by atoms with Crippen LogP contribution in [0.4, 0.5) is 11.6 Å². The van der Waals surface area contributed by atoms with Crippen molar-refractivity contribution in [2.75, 3.05) is 32.0 Å². The van der Waals surface area contributed by atoms with Crippen LogP contribution in [0.2, 0.25) is 0 Å². The predicted molar refractivity (Wildman–Crippen MR) is 109 cm³/mol. The first-order valence-electron chi connectivity index (χ1n) is 8.85. The van der Waals surface area contributed by atoms with Gasteiger partial charge in [-0.1, -0.05) is 18.2 Å². The first-order chi connectivity index (χ1) is 13.7. The number of nitrogens with zero attached hydrogens (tertiary/aromatic N) is 2. The van der Waals surface area contributed by atoms with E-state index in [2.05, 4.69) is 20.6 Å². The smallest absolute Gasteiger partial charge is 0.161 e. The minimum Gasteiger partial charge on any atom is -0.497 e. The number of aromatic nitrogens is 2. The Bertz CT molecular complexity index is 900. The van der Waals surface area contributed by atoms with Gasteiger partial charge in [-0.3, -0.25) is 0 Å². The van der Waals surface area contributed by atoms with Crippen molar-refractivity contribution in [3.8, 4) is 17.2 Å². The number of nitrogens with one attached hydrogen (secondary N) is 2. The average Bonchev–Trinajstić information content (AvgIpc) is 2.76. The Balaban J connectivity index is 1.58. The standard InChI is InChI=1S/C21H24N4O3/c1-26-17-7-4-15(5-8-17)12-22-20-11-21(25-14-24-20)23-13-16-6-9-18(27-2)19(10-16)28-3/h4-11,14H,12-13H2,1-3H3,(H2,22,23,24,25). The molecule has 0 unspecified atom stereocenters. The van der Waals surface area contributed by atoms with Crippen LogP contribution < -0.4 is 24.8 Å². The molecular weight excluding hydrogens is 356 g/mol. The van der Waals surface area contributed by atoms with Crippen LogP contribution in [0.1, 0.15) is 11.1 Å². The number of ether oxygens (including phenoxy) is 3. The van der Waals surface area contributed by atoms with Gasteiger partial charge in [-0.25, -0.2) is 9.97 Å². The van der Waals surface area contributed by atoms with E-state index >= 15 is 0 Å². The Kier molecular flexibility index (Phi) is 6.51. The number of anilines is 2. The van der Waals surface area contributed by atoms with Crippen molar-refractivity contribution in [3.05, 3.63) is 66.0 Å². The highest BCUT2D eigenvalue weighted by Gasteiger charge is 2.05. The van der Waals surface area contributed by atoms with Gasteiger partial charge < -0.3 is 24.8 Å². The molecule has 7 nitrogen and oxygen atoms in total. The Morgan fingerprint density at radius 2 is 1.29 bits per heavy atom. The third-order valence-electron chi connectivity index (χ3n) is 4.22. The molecule has 28 heavy (non-hydrogen) atoms. The molecular formula is C21H24N4O3. The van der Waals surface area contributed by atoms with Gasteiger partial charge in [0.15, 0.2) is 11.5 Å². The molecule has 1 heterocycles. The molecule has 0 amide bonds. The Morgan fingerprint density at radius 1 is 0.679 bits per heavy atom. The van der Waals surface area contributed by atoms with Gasteiger partial charge in [0.25, 0.3) is 0 Å². The molecule has 0 atom stereocenters. The minimum absolute atomic E-state index is 0.606. The highest BCUT2D eigenvalue weighted by molar-refractivity contribution is 5.48. The second-order valence-electron chi connectivity index (χ2n) is 6.03. The van der Waals surface area contributed by atoms with Crippen LogP contribution in [0.15, 0.2) is 54.9 Å². The van der Waals surface area contributed by atoms with Gasteiger partial charge in [0.1, 0.15) is 23.7 Å². The number of hydrogen-bond acceptors (Lipinski definition) is 7. The summed E-state index contributed by atoms with van der Waals surface area (Å²) in [5.41, 5.74) is 2.20. The van der Waals surface area contributed by atoms with E-state index in [0.29, 0.717) is 24.6 Å². The normalized spacial score (nSPS) is 10.2. The van der Waals surface area contributed by atoms with E-state index in [1.54, 1.807) is 21.3 Å². The minimum atomic E-state index is 0.606. The summed E-state index contributed by atoms with van der Waals surface area (Å²) < 4.78 is 15.8. The van der Waals surface area contributed by atoms with E-state index in [1.807, 2.05) is 48.5 Å². The first-order valence-corrected chi connectivity index (χ1v) is 8.85. The summed E-state index contributed by atoms with van der Waals surface area (Å²) in [6.45, 7) is 1.27. The molecule has 1 aromatic heterocycles. The molecule has 0 saturated heterocycles. The lowest BCUT2D eigenvalue weighted by molar-refractivity contribution is 0.354. The van der Waals surface area contributed by atoms with E-state index in [4.69, 9.17) is 14.2 Å². The number of hydrogen-bond donors (Lipinski definition) is 2. The van der Waals surface area contributed by atoms with E-state index in [9.17, 15) is 0 Å². The topological polar surface area (TPSA) is 77.5 Å². The van der Waals surface area contributed by atoms with Crippen molar-refractivity contribution >= 4 is 11.6 Å². The van der Waals surface area contributed by atoms with E-state index in [1.165, 1.54) is 6.33 Å². The molecule has 0 saturated carbocycles. The number of benzene rings is 2. The van der Waals surface area contributed by atoms with E-state index in [-0.39, 0.29) is 0 Å². The lowest BCUT2D eigenvalue weighted by atomic mass is 10.2. The van der Waals surface area contributed by atoms with Crippen LogP contribution in [-0.4, -0.2) is 31.3 Å². The molecule has 146 valence electrons. The molecule has 7 heteroatoms. The molecule has 0 radical (unpaired) electrons. The maximum absolute atomic E-state index is 5.34. The molecule has 2 aromatic carbocycles. The molecule has 3 rings (SSSR count). The fourth-order valence-electron chi connectivity index (χ4n) is 2.67. The molecule has 2 N–H and O–H groups in total. The summed E-state index contributed by atoms with van der Waals surface area (Å²) in [5.74, 6) is 3.74. The Labute approximate surface area is 164 Å². The maximum Gasteiger partial charge on any atom is 0.161 e. The lowest BCUT2D eigenvalue weighted by Gasteiger charge is -2.11. The van der Waals surface area contributed by atoms with Gasteiger partial charge in [-0.15, -0.1) is 0 Å². The third kappa shape index (κ3) is 5.03. The van der Waals surface area contributed by atoms with Crippen molar-refractivity contribution < 1.29 is 14.2 Å². The molecule has 0 spiro atoms.